The van der Waals surface area contributed by atoms with Crippen molar-refractivity contribution in [2.24, 2.45) is 0 Å². The maximum absolute atomic E-state index is 13.7. The second kappa shape index (κ2) is 5.97. The van der Waals surface area contributed by atoms with E-state index >= 15 is 0 Å². The van der Waals surface area contributed by atoms with Gasteiger partial charge in [0.25, 0.3) is 0 Å². The van der Waals surface area contributed by atoms with E-state index in [-0.39, 0.29) is 5.75 Å². The van der Waals surface area contributed by atoms with E-state index in [1.807, 2.05) is 0 Å². The van der Waals surface area contributed by atoms with Gasteiger partial charge < -0.3 is 10.1 Å². The van der Waals surface area contributed by atoms with Gasteiger partial charge >= 0.3 is 0 Å². The maximum Gasteiger partial charge on any atom is 0.167 e. The number of ether oxygens (including phenoxy) is 1. The zero-order valence-corrected chi connectivity index (χ0v) is 12.4. The molecule has 5 heteroatoms. The van der Waals surface area contributed by atoms with Crippen molar-refractivity contribution < 1.29 is 9.13 Å². The van der Waals surface area contributed by atoms with E-state index in [9.17, 15) is 4.39 Å². The molecule has 1 aromatic heterocycles. The normalized spacial score (nSPS) is 10.7. The van der Waals surface area contributed by atoms with Gasteiger partial charge in [-0.3, -0.25) is 0 Å². The number of methoxy groups -OCH3 is 1. The molecule has 2 aromatic carbocycles. The van der Waals surface area contributed by atoms with Crippen LogP contribution in [0, 0.1) is 12.7 Å². The van der Waals surface area contributed by atoms with E-state index < -0.39 is 5.82 Å². The Morgan fingerprint density at radius 1 is 1.14 bits per heavy atom. The first-order chi connectivity index (χ1) is 10.7. The van der Waals surface area contributed by atoms with Crippen LogP contribution in [0.1, 0.15) is 11.1 Å². The molecule has 0 aliphatic carbocycles. The molecule has 0 bridgehead atoms. The van der Waals surface area contributed by atoms with Gasteiger partial charge in [0.1, 0.15) is 12.1 Å². The summed E-state index contributed by atoms with van der Waals surface area (Å²) in [7, 11) is 1.44. The molecule has 4 nitrogen and oxygen atoms in total. The van der Waals surface area contributed by atoms with Gasteiger partial charge in [-0.1, -0.05) is 29.8 Å². The summed E-state index contributed by atoms with van der Waals surface area (Å²) in [5, 5.41) is 3.99. The molecule has 0 radical (unpaired) electrons. The molecule has 1 N–H and O–H groups in total. The third kappa shape index (κ3) is 2.83. The van der Waals surface area contributed by atoms with E-state index in [1.54, 1.807) is 6.07 Å². The fraction of sp³-hybridized carbons (Fsp3) is 0.176. The molecular weight excluding hydrogens is 281 g/mol. The summed E-state index contributed by atoms with van der Waals surface area (Å²) < 4.78 is 18.8. The Balaban J connectivity index is 1.91. The quantitative estimate of drug-likeness (QED) is 0.797. The van der Waals surface area contributed by atoms with Gasteiger partial charge in [-0.25, -0.2) is 14.4 Å². The number of aryl methyl sites for hydroxylation is 1. The first-order valence-corrected chi connectivity index (χ1v) is 6.95. The molecule has 0 unspecified atom stereocenters. The smallest absolute Gasteiger partial charge is 0.167 e. The summed E-state index contributed by atoms with van der Waals surface area (Å²) in [4.78, 5) is 8.34. The standard InChI is InChI=1S/C17H16FN3O/c1-11-3-5-12(6-4-11)9-19-17-13-7-16(22-2)14(18)8-15(13)20-10-21-17/h3-8,10H,9H2,1-2H3,(H,19,20,21). The SMILES string of the molecule is COc1cc2c(NCc3ccc(C)cc3)ncnc2cc1F. The number of hydrogen-bond donors (Lipinski definition) is 1. The summed E-state index contributed by atoms with van der Waals surface area (Å²) in [5.41, 5.74) is 2.91. The fourth-order valence-corrected chi connectivity index (χ4v) is 2.25. The van der Waals surface area contributed by atoms with E-state index in [1.165, 1.54) is 25.1 Å². The molecule has 0 atom stereocenters. The second-order valence-electron chi connectivity index (χ2n) is 5.07. The zero-order valence-electron chi connectivity index (χ0n) is 12.4. The molecule has 1 heterocycles. The first kappa shape index (κ1) is 14.3. The number of fused-ring (bicyclic) bond motifs is 1. The minimum absolute atomic E-state index is 0.181. The highest BCUT2D eigenvalue weighted by Crippen LogP contribution is 2.27. The van der Waals surface area contributed by atoms with Crippen molar-refractivity contribution in [1.29, 1.82) is 0 Å². The molecule has 0 saturated heterocycles. The molecule has 3 rings (SSSR count). The van der Waals surface area contributed by atoms with Crippen LogP contribution in [-0.4, -0.2) is 17.1 Å². The van der Waals surface area contributed by atoms with Crippen LogP contribution in [0.3, 0.4) is 0 Å². The van der Waals surface area contributed by atoms with Crippen molar-refractivity contribution in [1.82, 2.24) is 9.97 Å². The van der Waals surface area contributed by atoms with Crippen LogP contribution in [0.2, 0.25) is 0 Å². The summed E-state index contributed by atoms with van der Waals surface area (Å²) >= 11 is 0. The Morgan fingerprint density at radius 2 is 1.91 bits per heavy atom. The number of aromatic nitrogens is 2. The van der Waals surface area contributed by atoms with E-state index in [4.69, 9.17) is 4.74 Å². The summed E-state index contributed by atoms with van der Waals surface area (Å²) in [5.74, 6) is 0.405. The first-order valence-electron chi connectivity index (χ1n) is 6.95. The summed E-state index contributed by atoms with van der Waals surface area (Å²) in [6, 6.07) is 11.2. The van der Waals surface area contributed by atoms with Gasteiger partial charge in [-0.05, 0) is 18.6 Å². The Bertz CT molecular complexity index is 803. The van der Waals surface area contributed by atoms with Crippen LogP contribution in [0.25, 0.3) is 10.9 Å². The van der Waals surface area contributed by atoms with Gasteiger partial charge in [-0.2, -0.15) is 0 Å². The highest BCUT2D eigenvalue weighted by molar-refractivity contribution is 5.90. The van der Waals surface area contributed by atoms with Crippen molar-refractivity contribution in [3.05, 3.63) is 59.7 Å². The number of halogens is 1. The summed E-state index contributed by atoms with van der Waals surface area (Å²) in [6.45, 7) is 2.68. The number of hydrogen-bond acceptors (Lipinski definition) is 4. The second-order valence-corrected chi connectivity index (χ2v) is 5.07. The molecule has 22 heavy (non-hydrogen) atoms. The van der Waals surface area contributed by atoms with Crippen LogP contribution < -0.4 is 10.1 Å². The highest BCUT2D eigenvalue weighted by atomic mass is 19.1. The molecular formula is C17H16FN3O. The third-order valence-corrected chi connectivity index (χ3v) is 3.49. The van der Waals surface area contributed by atoms with Crippen LogP contribution in [-0.2, 0) is 6.54 Å². The number of anilines is 1. The largest absolute Gasteiger partial charge is 0.494 e. The fourth-order valence-electron chi connectivity index (χ4n) is 2.25. The predicted octanol–water partition coefficient (Wildman–Crippen LogP) is 3.70. The van der Waals surface area contributed by atoms with Crippen molar-refractivity contribution in [3.63, 3.8) is 0 Å². The highest BCUT2D eigenvalue weighted by Gasteiger charge is 2.10. The average Bonchev–Trinajstić information content (AvgIpc) is 2.53. The van der Waals surface area contributed by atoms with Crippen molar-refractivity contribution in [2.75, 3.05) is 12.4 Å². The minimum atomic E-state index is -0.432. The number of nitrogens with one attached hydrogen (secondary N) is 1. The van der Waals surface area contributed by atoms with Crippen LogP contribution in [0.5, 0.6) is 5.75 Å². The van der Waals surface area contributed by atoms with E-state index in [2.05, 4.69) is 46.5 Å². The lowest BCUT2D eigenvalue weighted by molar-refractivity contribution is 0.387. The third-order valence-electron chi connectivity index (χ3n) is 3.49. The molecule has 0 spiro atoms. The molecule has 3 aromatic rings. The topological polar surface area (TPSA) is 47.0 Å². The van der Waals surface area contributed by atoms with Crippen molar-refractivity contribution in [3.8, 4) is 5.75 Å². The van der Waals surface area contributed by atoms with Gasteiger partial charge in [0, 0.05) is 18.0 Å². The maximum atomic E-state index is 13.7. The van der Waals surface area contributed by atoms with Crippen molar-refractivity contribution >= 4 is 16.7 Å². The molecule has 0 amide bonds. The van der Waals surface area contributed by atoms with Gasteiger partial charge in [-0.15, -0.1) is 0 Å². The van der Waals surface area contributed by atoms with Gasteiger partial charge in [0.2, 0.25) is 0 Å². The lowest BCUT2D eigenvalue weighted by Crippen LogP contribution is -2.03. The number of nitrogens with zero attached hydrogens (tertiary/aromatic N) is 2. The van der Waals surface area contributed by atoms with Crippen LogP contribution in [0.15, 0.2) is 42.7 Å². The minimum Gasteiger partial charge on any atom is -0.494 e. The number of benzene rings is 2. The molecule has 0 saturated carbocycles. The average molecular weight is 297 g/mol. The lowest BCUT2D eigenvalue weighted by Gasteiger charge is -2.10. The van der Waals surface area contributed by atoms with Crippen molar-refractivity contribution in [2.45, 2.75) is 13.5 Å². The predicted molar refractivity (Wildman–Crippen MR) is 84.6 cm³/mol. The Labute approximate surface area is 128 Å². The van der Waals surface area contributed by atoms with Gasteiger partial charge in [0.15, 0.2) is 11.6 Å². The lowest BCUT2D eigenvalue weighted by atomic mass is 10.1. The molecule has 0 fully saturated rings. The molecule has 0 aliphatic rings. The number of rotatable bonds is 4. The van der Waals surface area contributed by atoms with Crippen LogP contribution >= 0.6 is 0 Å². The van der Waals surface area contributed by atoms with E-state index in [0.717, 1.165) is 10.9 Å². The zero-order chi connectivity index (χ0) is 15.5. The van der Waals surface area contributed by atoms with E-state index in [0.29, 0.717) is 17.9 Å². The summed E-state index contributed by atoms with van der Waals surface area (Å²) in [6.07, 6.45) is 1.42. The molecule has 112 valence electrons. The Hall–Kier alpha value is -2.69. The Morgan fingerprint density at radius 3 is 2.64 bits per heavy atom. The Kier molecular flexibility index (Phi) is 3.87. The van der Waals surface area contributed by atoms with Gasteiger partial charge in [0.05, 0.1) is 12.6 Å². The monoisotopic (exact) mass is 297 g/mol. The van der Waals surface area contributed by atoms with Crippen LogP contribution in [0.4, 0.5) is 10.2 Å². The molecule has 0 aliphatic heterocycles.